The van der Waals surface area contributed by atoms with Gasteiger partial charge in [-0.2, -0.15) is 0 Å². The van der Waals surface area contributed by atoms with Gasteiger partial charge in [-0.05, 0) is 29.5 Å². The SMILES string of the molecule is CC(C)CC(N)C(=O)NC(Cc1c[nH]c2ccccc12)C(=O)NC(CO)C(=O)NC(Cc1ccccc1)C(=O)O. The maximum Gasteiger partial charge on any atom is 0.326 e. The number of carboxylic acids is 1. The molecule has 3 aromatic rings. The Balaban J connectivity index is 1.76. The summed E-state index contributed by atoms with van der Waals surface area (Å²) in [4.78, 5) is 54.1. The molecule has 4 atom stereocenters. The topological polar surface area (TPSA) is 187 Å². The maximum absolute atomic E-state index is 13.4. The molecule has 0 aliphatic heterocycles. The Hall–Kier alpha value is -4.22. The maximum atomic E-state index is 13.4. The van der Waals surface area contributed by atoms with Crippen LogP contribution in [0.1, 0.15) is 31.4 Å². The van der Waals surface area contributed by atoms with E-state index in [0.29, 0.717) is 12.0 Å². The van der Waals surface area contributed by atoms with Crippen molar-refractivity contribution in [3.8, 4) is 0 Å². The van der Waals surface area contributed by atoms with E-state index < -0.39 is 54.5 Å². The Bertz CT molecular complexity index is 1310. The van der Waals surface area contributed by atoms with Crippen molar-refractivity contribution in [2.24, 2.45) is 11.7 Å². The highest BCUT2D eigenvalue weighted by atomic mass is 16.4. The van der Waals surface area contributed by atoms with Crippen molar-refractivity contribution in [2.75, 3.05) is 6.61 Å². The number of hydrogen-bond acceptors (Lipinski definition) is 6. The van der Waals surface area contributed by atoms with Crippen molar-refractivity contribution < 1.29 is 29.4 Å². The van der Waals surface area contributed by atoms with E-state index in [9.17, 15) is 29.4 Å². The molecule has 40 heavy (non-hydrogen) atoms. The Labute approximate surface area is 232 Å². The summed E-state index contributed by atoms with van der Waals surface area (Å²) >= 11 is 0. The highest BCUT2D eigenvalue weighted by molar-refractivity contribution is 5.95. The van der Waals surface area contributed by atoms with Crippen molar-refractivity contribution >= 4 is 34.6 Å². The van der Waals surface area contributed by atoms with Gasteiger partial charge in [-0.15, -0.1) is 0 Å². The van der Waals surface area contributed by atoms with Gasteiger partial charge in [-0.25, -0.2) is 4.79 Å². The molecule has 0 bridgehead atoms. The van der Waals surface area contributed by atoms with E-state index in [0.717, 1.165) is 16.5 Å². The smallest absolute Gasteiger partial charge is 0.326 e. The molecule has 0 aliphatic carbocycles. The van der Waals surface area contributed by atoms with Crippen LogP contribution in [0.3, 0.4) is 0 Å². The van der Waals surface area contributed by atoms with Gasteiger partial charge >= 0.3 is 5.97 Å². The first kappa shape index (κ1) is 30.3. The van der Waals surface area contributed by atoms with Crippen LogP contribution in [0.15, 0.2) is 60.8 Å². The van der Waals surface area contributed by atoms with Gasteiger partial charge in [0.2, 0.25) is 17.7 Å². The number of benzene rings is 2. The van der Waals surface area contributed by atoms with Gasteiger partial charge in [0, 0.05) is 29.9 Å². The van der Waals surface area contributed by atoms with Crippen LogP contribution in [0.5, 0.6) is 0 Å². The number of aliphatic hydroxyl groups excluding tert-OH is 1. The molecule has 0 spiro atoms. The van der Waals surface area contributed by atoms with Crippen molar-refractivity contribution in [3.63, 3.8) is 0 Å². The molecule has 2 aromatic carbocycles. The first-order chi connectivity index (χ1) is 19.1. The molecule has 3 rings (SSSR count). The van der Waals surface area contributed by atoms with Crippen LogP contribution in [0.25, 0.3) is 10.9 Å². The lowest BCUT2D eigenvalue weighted by atomic mass is 10.0. The predicted octanol–water partition coefficient (Wildman–Crippen LogP) is 0.858. The van der Waals surface area contributed by atoms with Crippen molar-refractivity contribution in [2.45, 2.75) is 57.3 Å². The molecule has 1 heterocycles. The predicted molar refractivity (Wildman–Crippen MR) is 150 cm³/mol. The zero-order valence-electron chi connectivity index (χ0n) is 22.6. The highest BCUT2D eigenvalue weighted by Crippen LogP contribution is 2.19. The number of aromatic amines is 1. The van der Waals surface area contributed by atoms with Crippen molar-refractivity contribution in [1.82, 2.24) is 20.9 Å². The Morgan fingerprint density at radius 3 is 2.08 bits per heavy atom. The van der Waals surface area contributed by atoms with Gasteiger partial charge in [0.15, 0.2) is 0 Å². The summed E-state index contributed by atoms with van der Waals surface area (Å²) in [6.07, 6.45) is 2.25. The first-order valence-corrected chi connectivity index (χ1v) is 13.2. The Morgan fingerprint density at radius 1 is 0.825 bits per heavy atom. The number of carbonyl (C=O) groups excluding carboxylic acids is 3. The molecule has 0 radical (unpaired) electrons. The average molecular weight is 552 g/mol. The monoisotopic (exact) mass is 551 g/mol. The number of para-hydroxylation sites is 1. The summed E-state index contributed by atoms with van der Waals surface area (Å²) in [5, 5.41) is 27.9. The van der Waals surface area contributed by atoms with Gasteiger partial charge in [-0.3, -0.25) is 14.4 Å². The second-order valence-electron chi connectivity index (χ2n) is 10.2. The lowest BCUT2D eigenvalue weighted by molar-refractivity contribution is -0.142. The Morgan fingerprint density at radius 2 is 1.43 bits per heavy atom. The zero-order chi connectivity index (χ0) is 29.2. The van der Waals surface area contributed by atoms with Crippen LogP contribution >= 0.6 is 0 Å². The number of nitrogens with two attached hydrogens (primary N) is 1. The number of H-pyrrole nitrogens is 1. The number of aliphatic carboxylic acids is 1. The number of hydrogen-bond donors (Lipinski definition) is 7. The largest absolute Gasteiger partial charge is 0.480 e. The third-order valence-electron chi connectivity index (χ3n) is 6.51. The molecule has 3 amide bonds. The highest BCUT2D eigenvalue weighted by Gasteiger charge is 2.31. The number of aliphatic hydroxyl groups is 1. The zero-order valence-corrected chi connectivity index (χ0v) is 22.6. The lowest BCUT2D eigenvalue weighted by Gasteiger charge is -2.24. The summed E-state index contributed by atoms with van der Waals surface area (Å²) in [5.41, 5.74) is 8.35. The molecule has 1 aromatic heterocycles. The number of fused-ring (bicyclic) bond motifs is 1. The van der Waals surface area contributed by atoms with Gasteiger partial charge in [0.05, 0.1) is 12.6 Å². The second-order valence-corrected chi connectivity index (χ2v) is 10.2. The number of rotatable bonds is 14. The quantitative estimate of drug-likeness (QED) is 0.155. The van der Waals surface area contributed by atoms with E-state index >= 15 is 0 Å². The van der Waals surface area contributed by atoms with Crippen molar-refractivity contribution in [1.29, 1.82) is 0 Å². The molecular formula is C29H37N5O6. The van der Waals surface area contributed by atoms with Crippen LogP contribution < -0.4 is 21.7 Å². The fraction of sp³-hybridized carbons (Fsp3) is 0.379. The number of amides is 3. The number of aromatic nitrogens is 1. The summed E-state index contributed by atoms with van der Waals surface area (Å²) in [7, 11) is 0. The van der Waals surface area contributed by atoms with Crippen LogP contribution in [0.2, 0.25) is 0 Å². The minimum absolute atomic E-state index is 0.0149. The van der Waals surface area contributed by atoms with Crippen LogP contribution in [0, 0.1) is 5.92 Å². The lowest BCUT2D eigenvalue weighted by Crippen LogP contribution is -2.58. The number of carbonyl (C=O) groups is 4. The van der Waals surface area contributed by atoms with Crippen LogP contribution in [-0.2, 0) is 32.0 Å². The van der Waals surface area contributed by atoms with E-state index in [1.54, 1.807) is 36.5 Å². The van der Waals surface area contributed by atoms with Gasteiger partial charge in [-0.1, -0.05) is 62.4 Å². The summed E-state index contributed by atoms with van der Waals surface area (Å²) in [6.45, 7) is 3.07. The van der Waals surface area contributed by atoms with E-state index in [1.165, 1.54) is 0 Å². The van der Waals surface area contributed by atoms with Gasteiger partial charge < -0.3 is 36.9 Å². The molecule has 0 saturated carbocycles. The van der Waals surface area contributed by atoms with Crippen molar-refractivity contribution in [3.05, 3.63) is 71.9 Å². The molecule has 214 valence electrons. The molecule has 0 aliphatic rings. The van der Waals surface area contributed by atoms with E-state index in [2.05, 4.69) is 20.9 Å². The second kappa shape index (κ2) is 14.2. The summed E-state index contributed by atoms with van der Waals surface area (Å²) in [6, 6.07) is 11.5. The standard InChI is InChI=1S/C29H37N5O6/c1-17(2)12-21(30)26(36)32-23(14-19-15-31-22-11-7-6-10-20(19)22)27(37)34-25(16-35)28(38)33-24(29(39)40)13-18-8-4-3-5-9-18/h3-11,15,17,21,23-25,31,35H,12-14,16,30H2,1-2H3,(H,32,36)(H,33,38)(H,34,37)(H,39,40). The third-order valence-corrected chi connectivity index (χ3v) is 6.51. The molecule has 11 heteroatoms. The fourth-order valence-electron chi connectivity index (χ4n) is 4.41. The number of nitrogens with one attached hydrogen (secondary N) is 4. The molecule has 0 saturated heterocycles. The minimum atomic E-state index is -1.45. The third kappa shape index (κ3) is 8.39. The summed E-state index contributed by atoms with van der Waals surface area (Å²) in [5.74, 6) is -3.22. The van der Waals surface area contributed by atoms with Gasteiger partial charge in [0.1, 0.15) is 18.1 Å². The number of carboxylic acid groups (broad SMARTS) is 1. The Kier molecular flexibility index (Phi) is 10.8. The fourth-order valence-corrected chi connectivity index (χ4v) is 4.41. The van der Waals surface area contributed by atoms with E-state index in [4.69, 9.17) is 5.73 Å². The molecule has 0 fully saturated rings. The molecule has 4 unspecified atom stereocenters. The van der Waals surface area contributed by atoms with Crippen LogP contribution in [0.4, 0.5) is 0 Å². The first-order valence-electron chi connectivity index (χ1n) is 13.2. The average Bonchev–Trinajstić information content (AvgIpc) is 3.33. The molecule has 11 nitrogen and oxygen atoms in total. The molecule has 8 N–H and O–H groups in total. The summed E-state index contributed by atoms with van der Waals surface area (Å²) < 4.78 is 0. The van der Waals surface area contributed by atoms with E-state index in [-0.39, 0.29) is 18.8 Å². The van der Waals surface area contributed by atoms with Gasteiger partial charge in [0.25, 0.3) is 0 Å². The minimum Gasteiger partial charge on any atom is -0.480 e. The van der Waals surface area contributed by atoms with Crippen LogP contribution in [-0.4, -0.2) is 69.7 Å². The van der Waals surface area contributed by atoms with E-state index in [1.807, 2.05) is 38.1 Å². The normalized spacial score (nSPS) is 14.2. The molecular weight excluding hydrogens is 514 g/mol.